The number of ketones is 1. The standard InChI is InChI=1S/C13H14N4O2S/c18-12(10-6-7-19-8-10)9-20-13-14-15-16-17(13)11-4-2-1-3-5-11/h1-5,10H,6-9H2. The first kappa shape index (κ1) is 13.3. The number of ether oxygens (including phenoxy) is 1. The highest BCUT2D eigenvalue weighted by Crippen LogP contribution is 2.21. The van der Waals surface area contributed by atoms with Crippen LogP contribution >= 0.6 is 11.8 Å². The molecule has 1 aliphatic rings. The van der Waals surface area contributed by atoms with Crippen molar-refractivity contribution in [1.29, 1.82) is 0 Å². The first-order valence-electron chi connectivity index (χ1n) is 6.41. The van der Waals surface area contributed by atoms with E-state index in [-0.39, 0.29) is 11.7 Å². The van der Waals surface area contributed by atoms with Gasteiger partial charge in [-0.05, 0) is 29.0 Å². The minimum absolute atomic E-state index is 0.0311. The average molecular weight is 290 g/mol. The normalized spacial score (nSPS) is 18.3. The van der Waals surface area contributed by atoms with Crippen molar-refractivity contribution in [1.82, 2.24) is 20.2 Å². The molecule has 0 aliphatic carbocycles. The highest BCUT2D eigenvalue weighted by Gasteiger charge is 2.24. The number of carbonyl (C=O) groups excluding carboxylic acids is 1. The van der Waals surface area contributed by atoms with Crippen molar-refractivity contribution in [3.8, 4) is 5.69 Å². The van der Waals surface area contributed by atoms with Crippen LogP contribution in [0.2, 0.25) is 0 Å². The van der Waals surface area contributed by atoms with Gasteiger partial charge in [0.2, 0.25) is 5.16 Å². The van der Waals surface area contributed by atoms with Gasteiger partial charge in [0.05, 0.1) is 18.0 Å². The number of rotatable bonds is 5. The first-order chi connectivity index (χ1) is 9.84. The maximum absolute atomic E-state index is 12.0. The van der Waals surface area contributed by atoms with E-state index in [4.69, 9.17) is 4.74 Å². The zero-order valence-electron chi connectivity index (χ0n) is 10.8. The summed E-state index contributed by atoms with van der Waals surface area (Å²) in [6.45, 7) is 1.23. The van der Waals surface area contributed by atoms with Crippen molar-refractivity contribution in [3.63, 3.8) is 0 Å². The number of thioether (sulfide) groups is 1. The van der Waals surface area contributed by atoms with Crippen LogP contribution in [0.25, 0.3) is 5.69 Å². The van der Waals surface area contributed by atoms with Crippen LogP contribution < -0.4 is 0 Å². The number of Topliss-reactive ketones (excluding diaryl/α,β-unsaturated/α-hetero) is 1. The Bertz CT molecular complexity index is 581. The minimum atomic E-state index is 0.0311. The van der Waals surface area contributed by atoms with Gasteiger partial charge in [-0.2, -0.15) is 4.68 Å². The molecule has 2 aromatic rings. The largest absolute Gasteiger partial charge is 0.381 e. The summed E-state index contributed by atoms with van der Waals surface area (Å²) in [6, 6.07) is 9.63. The van der Waals surface area contributed by atoms with Crippen molar-refractivity contribution >= 4 is 17.5 Å². The van der Waals surface area contributed by atoms with Gasteiger partial charge in [-0.3, -0.25) is 4.79 Å². The molecule has 1 aliphatic heterocycles. The molecule has 0 spiro atoms. The van der Waals surface area contributed by atoms with Crippen LogP contribution in [0.3, 0.4) is 0 Å². The van der Waals surface area contributed by atoms with E-state index < -0.39 is 0 Å². The number of carbonyl (C=O) groups is 1. The molecule has 7 heteroatoms. The molecule has 20 heavy (non-hydrogen) atoms. The fourth-order valence-corrected chi connectivity index (χ4v) is 2.91. The van der Waals surface area contributed by atoms with Gasteiger partial charge in [-0.25, -0.2) is 0 Å². The summed E-state index contributed by atoms with van der Waals surface area (Å²) in [6.07, 6.45) is 0.822. The van der Waals surface area contributed by atoms with E-state index in [2.05, 4.69) is 15.5 Å². The van der Waals surface area contributed by atoms with Gasteiger partial charge < -0.3 is 4.74 Å². The maximum Gasteiger partial charge on any atom is 0.214 e. The number of hydrogen-bond donors (Lipinski definition) is 0. The van der Waals surface area contributed by atoms with E-state index in [1.807, 2.05) is 30.3 Å². The molecule has 0 saturated carbocycles. The van der Waals surface area contributed by atoms with Gasteiger partial charge in [0, 0.05) is 12.5 Å². The van der Waals surface area contributed by atoms with Crippen LogP contribution in [-0.4, -0.2) is 45.0 Å². The fraction of sp³-hybridized carbons (Fsp3) is 0.385. The smallest absolute Gasteiger partial charge is 0.214 e. The summed E-state index contributed by atoms with van der Waals surface area (Å²) in [5.74, 6) is 0.611. The molecule has 1 fully saturated rings. The summed E-state index contributed by atoms with van der Waals surface area (Å²) < 4.78 is 6.87. The Morgan fingerprint density at radius 1 is 1.40 bits per heavy atom. The Balaban J connectivity index is 1.66. The molecular weight excluding hydrogens is 276 g/mol. The number of aromatic nitrogens is 4. The van der Waals surface area contributed by atoms with E-state index in [1.165, 1.54) is 11.8 Å². The van der Waals surface area contributed by atoms with E-state index in [9.17, 15) is 4.79 Å². The third-order valence-corrected chi connectivity index (χ3v) is 4.11. The van der Waals surface area contributed by atoms with Crippen LogP contribution in [-0.2, 0) is 9.53 Å². The highest BCUT2D eigenvalue weighted by atomic mass is 32.2. The number of benzene rings is 1. The van der Waals surface area contributed by atoms with Crippen molar-refractivity contribution in [2.24, 2.45) is 5.92 Å². The maximum atomic E-state index is 12.0. The number of tetrazole rings is 1. The SMILES string of the molecule is O=C(CSc1nnnn1-c1ccccc1)C1CCOC1. The molecule has 1 saturated heterocycles. The quantitative estimate of drug-likeness (QED) is 0.774. The number of hydrogen-bond acceptors (Lipinski definition) is 6. The Morgan fingerprint density at radius 2 is 2.25 bits per heavy atom. The second kappa shape index (κ2) is 6.15. The minimum Gasteiger partial charge on any atom is -0.381 e. The topological polar surface area (TPSA) is 69.9 Å². The summed E-state index contributed by atoms with van der Waals surface area (Å²) >= 11 is 1.37. The van der Waals surface area contributed by atoms with Gasteiger partial charge in [0.1, 0.15) is 5.78 Å². The highest BCUT2D eigenvalue weighted by molar-refractivity contribution is 7.99. The Labute approximate surface area is 120 Å². The lowest BCUT2D eigenvalue weighted by Crippen LogP contribution is -2.16. The predicted molar refractivity (Wildman–Crippen MR) is 73.8 cm³/mol. The van der Waals surface area contributed by atoms with Gasteiger partial charge in [0.15, 0.2) is 0 Å². The average Bonchev–Trinajstić information content (AvgIpc) is 3.17. The van der Waals surface area contributed by atoms with Crippen LogP contribution in [0.5, 0.6) is 0 Å². The molecule has 104 valence electrons. The van der Waals surface area contributed by atoms with Gasteiger partial charge in [-0.1, -0.05) is 30.0 Å². The van der Waals surface area contributed by atoms with Crippen molar-refractivity contribution < 1.29 is 9.53 Å². The molecule has 0 bridgehead atoms. The van der Waals surface area contributed by atoms with E-state index in [0.717, 1.165) is 12.1 Å². The molecule has 1 aromatic carbocycles. The Morgan fingerprint density at radius 3 is 3.00 bits per heavy atom. The third kappa shape index (κ3) is 2.88. The summed E-state index contributed by atoms with van der Waals surface area (Å²) in [5, 5.41) is 12.2. The molecular formula is C13H14N4O2S. The molecule has 1 atom stereocenters. The van der Waals surface area contributed by atoms with E-state index in [0.29, 0.717) is 24.1 Å². The molecule has 0 N–H and O–H groups in total. The predicted octanol–water partition coefficient (Wildman–Crippen LogP) is 1.36. The number of para-hydroxylation sites is 1. The lowest BCUT2D eigenvalue weighted by molar-refractivity contribution is -0.120. The Kier molecular flexibility index (Phi) is 4.08. The van der Waals surface area contributed by atoms with Crippen molar-refractivity contribution in [2.75, 3.05) is 19.0 Å². The Hall–Kier alpha value is -1.73. The molecule has 2 heterocycles. The first-order valence-corrected chi connectivity index (χ1v) is 7.40. The second-order valence-electron chi connectivity index (χ2n) is 4.52. The van der Waals surface area contributed by atoms with E-state index in [1.54, 1.807) is 4.68 Å². The lowest BCUT2D eigenvalue weighted by atomic mass is 10.1. The zero-order valence-corrected chi connectivity index (χ0v) is 11.6. The lowest BCUT2D eigenvalue weighted by Gasteiger charge is -2.06. The molecule has 1 aromatic heterocycles. The van der Waals surface area contributed by atoms with Gasteiger partial charge in [0.25, 0.3) is 0 Å². The zero-order chi connectivity index (χ0) is 13.8. The summed E-state index contributed by atoms with van der Waals surface area (Å²) in [4.78, 5) is 12.0. The van der Waals surface area contributed by atoms with E-state index >= 15 is 0 Å². The second-order valence-corrected chi connectivity index (χ2v) is 5.47. The summed E-state index contributed by atoms with van der Waals surface area (Å²) in [5.41, 5.74) is 0.886. The van der Waals surface area contributed by atoms with Gasteiger partial charge >= 0.3 is 0 Å². The van der Waals surface area contributed by atoms with Gasteiger partial charge in [-0.15, -0.1) is 5.10 Å². The van der Waals surface area contributed by atoms with Crippen LogP contribution in [0.4, 0.5) is 0 Å². The molecule has 0 radical (unpaired) electrons. The van der Waals surface area contributed by atoms with Crippen LogP contribution in [0, 0.1) is 5.92 Å². The molecule has 0 amide bonds. The number of nitrogens with zero attached hydrogens (tertiary/aromatic N) is 4. The molecule has 3 rings (SSSR count). The fourth-order valence-electron chi connectivity index (χ4n) is 2.04. The monoisotopic (exact) mass is 290 g/mol. The summed E-state index contributed by atoms with van der Waals surface area (Å²) in [7, 11) is 0. The van der Waals surface area contributed by atoms with Crippen LogP contribution in [0.1, 0.15) is 6.42 Å². The molecule has 6 nitrogen and oxygen atoms in total. The molecule has 1 unspecified atom stereocenters. The van der Waals surface area contributed by atoms with Crippen LogP contribution in [0.15, 0.2) is 35.5 Å². The van der Waals surface area contributed by atoms with Crippen molar-refractivity contribution in [2.45, 2.75) is 11.6 Å². The van der Waals surface area contributed by atoms with Crippen molar-refractivity contribution in [3.05, 3.63) is 30.3 Å². The third-order valence-electron chi connectivity index (χ3n) is 3.17.